The zero-order valence-electron chi connectivity index (χ0n) is 10.2. The van der Waals surface area contributed by atoms with Crippen molar-refractivity contribution >= 4 is 26.8 Å². The van der Waals surface area contributed by atoms with Crippen LogP contribution in [0.25, 0.3) is 10.9 Å². The van der Waals surface area contributed by atoms with Gasteiger partial charge in [0.2, 0.25) is 0 Å². The molecule has 1 fully saturated rings. The largest absolute Gasteiger partial charge is 0.304 e. The number of hydrogen-bond acceptors (Lipinski definition) is 2. The van der Waals surface area contributed by atoms with Gasteiger partial charge < -0.3 is 4.57 Å². The summed E-state index contributed by atoms with van der Waals surface area (Å²) < 4.78 is 15.8. The Morgan fingerprint density at radius 1 is 1.47 bits per heavy atom. The van der Waals surface area contributed by atoms with Crippen molar-refractivity contribution in [1.29, 1.82) is 5.26 Å². The van der Waals surface area contributed by atoms with Crippen molar-refractivity contribution in [2.75, 3.05) is 0 Å². The monoisotopic (exact) mass is 320 g/mol. The lowest BCUT2D eigenvalue weighted by Gasteiger charge is -2.14. The van der Waals surface area contributed by atoms with Gasteiger partial charge in [-0.25, -0.2) is 4.39 Å². The minimum atomic E-state index is -0.380. The van der Waals surface area contributed by atoms with Gasteiger partial charge >= 0.3 is 0 Å². The zero-order chi connectivity index (χ0) is 13.7. The number of benzene rings is 1. The van der Waals surface area contributed by atoms with Crippen molar-refractivity contribution in [1.82, 2.24) is 4.57 Å². The Morgan fingerprint density at radius 2 is 2.16 bits per heavy atom. The number of aromatic nitrogens is 1. The maximum atomic E-state index is 13.8. The summed E-state index contributed by atoms with van der Waals surface area (Å²) >= 11 is 3.21. The Labute approximate surface area is 117 Å². The highest BCUT2D eigenvalue weighted by Gasteiger charge is 2.28. The van der Waals surface area contributed by atoms with Crippen molar-refractivity contribution < 1.29 is 4.39 Å². The highest BCUT2D eigenvalue weighted by atomic mass is 79.9. The van der Waals surface area contributed by atoms with Gasteiger partial charge in [0.1, 0.15) is 17.4 Å². The molecule has 0 amide bonds. The zero-order valence-corrected chi connectivity index (χ0v) is 11.8. The highest BCUT2D eigenvalue weighted by molar-refractivity contribution is 9.10. The molecule has 2 aromatic rings. The number of halogens is 2. The minimum Gasteiger partial charge on any atom is -0.304 e. The van der Waals surface area contributed by atoms with Crippen LogP contribution in [0.15, 0.2) is 21.4 Å². The molecule has 0 radical (unpaired) electrons. The summed E-state index contributed by atoms with van der Waals surface area (Å²) in [7, 11) is 0. The molecular formula is C14H10BrFN2O. The van der Waals surface area contributed by atoms with Gasteiger partial charge in [-0.2, -0.15) is 5.26 Å². The second-order valence-electron chi connectivity index (χ2n) is 4.81. The molecule has 96 valence electrons. The quantitative estimate of drug-likeness (QED) is 0.808. The first-order valence-electron chi connectivity index (χ1n) is 5.98. The molecule has 1 aromatic carbocycles. The molecule has 1 aliphatic rings. The summed E-state index contributed by atoms with van der Waals surface area (Å²) in [6, 6.07) is 4.87. The molecule has 3 rings (SSSR count). The molecule has 0 bridgehead atoms. The summed E-state index contributed by atoms with van der Waals surface area (Å²) in [5.41, 5.74) is 1.21. The first-order valence-corrected chi connectivity index (χ1v) is 6.78. The summed E-state index contributed by atoms with van der Waals surface area (Å²) in [5, 5.41) is 9.63. The molecule has 1 heterocycles. The van der Waals surface area contributed by atoms with Crippen LogP contribution in [-0.2, 0) is 0 Å². The van der Waals surface area contributed by atoms with E-state index in [-0.39, 0.29) is 23.0 Å². The van der Waals surface area contributed by atoms with E-state index in [0.717, 1.165) is 18.4 Å². The van der Waals surface area contributed by atoms with Gasteiger partial charge in [-0.1, -0.05) is 0 Å². The maximum Gasteiger partial charge on any atom is 0.269 e. The third kappa shape index (κ3) is 1.79. The summed E-state index contributed by atoms with van der Waals surface area (Å²) in [4.78, 5) is 12.3. The first-order chi connectivity index (χ1) is 9.04. The molecule has 5 heteroatoms. The fraction of sp³-hybridized carbons (Fsp3) is 0.286. The molecule has 3 nitrogen and oxygen atoms in total. The maximum absolute atomic E-state index is 13.8. The van der Waals surface area contributed by atoms with E-state index in [2.05, 4.69) is 15.9 Å². The van der Waals surface area contributed by atoms with Gasteiger partial charge in [-0.15, -0.1) is 0 Å². The standard InChI is InChI=1S/C14H10BrFN2O/c1-7-12(15)11(16)5-8-4-9(6-17)14(19)18(13(7)8)10-2-3-10/h4-5,10H,2-3H2,1H3. The van der Waals surface area contributed by atoms with E-state index in [1.54, 1.807) is 11.5 Å². The molecule has 0 spiro atoms. The van der Waals surface area contributed by atoms with Crippen molar-refractivity contribution in [3.05, 3.63) is 43.9 Å². The number of pyridine rings is 1. The lowest BCUT2D eigenvalue weighted by Crippen LogP contribution is -2.22. The van der Waals surface area contributed by atoms with Crippen LogP contribution in [0.3, 0.4) is 0 Å². The molecule has 1 saturated carbocycles. The van der Waals surface area contributed by atoms with E-state index in [9.17, 15) is 9.18 Å². The highest BCUT2D eigenvalue weighted by Crippen LogP contribution is 2.38. The summed E-state index contributed by atoms with van der Waals surface area (Å²) in [6.45, 7) is 1.78. The number of nitriles is 1. The van der Waals surface area contributed by atoms with E-state index in [1.165, 1.54) is 12.1 Å². The SMILES string of the molecule is Cc1c(Br)c(F)cc2cc(C#N)c(=O)n(C3CC3)c12. The molecule has 1 aromatic heterocycles. The van der Waals surface area contributed by atoms with Gasteiger partial charge in [-0.3, -0.25) is 4.79 Å². The molecule has 1 aliphatic carbocycles. The summed E-state index contributed by atoms with van der Waals surface area (Å²) in [5.74, 6) is -0.380. The van der Waals surface area contributed by atoms with Crippen LogP contribution in [-0.4, -0.2) is 4.57 Å². The predicted octanol–water partition coefficient (Wildman–Crippen LogP) is 3.42. The van der Waals surface area contributed by atoms with Gasteiger partial charge in [-0.05, 0) is 53.4 Å². The Morgan fingerprint density at radius 3 is 2.74 bits per heavy atom. The molecular weight excluding hydrogens is 311 g/mol. The Kier molecular flexibility index (Phi) is 2.72. The fourth-order valence-corrected chi connectivity index (χ4v) is 2.71. The number of nitrogens with zero attached hydrogens (tertiary/aromatic N) is 2. The first kappa shape index (κ1) is 12.4. The van der Waals surface area contributed by atoms with Crippen molar-refractivity contribution in [3.63, 3.8) is 0 Å². The van der Waals surface area contributed by atoms with Gasteiger partial charge in [0.25, 0.3) is 5.56 Å². The Bertz CT molecular complexity index is 800. The smallest absolute Gasteiger partial charge is 0.269 e. The van der Waals surface area contributed by atoms with E-state index in [1.807, 2.05) is 6.07 Å². The van der Waals surface area contributed by atoms with Crippen molar-refractivity contribution in [3.8, 4) is 6.07 Å². The average Bonchev–Trinajstić information content (AvgIpc) is 3.20. The third-order valence-electron chi connectivity index (χ3n) is 3.47. The lowest BCUT2D eigenvalue weighted by molar-refractivity contribution is 0.620. The van der Waals surface area contributed by atoms with Crippen LogP contribution in [0.2, 0.25) is 0 Å². The van der Waals surface area contributed by atoms with E-state index in [4.69, 9.17) is 5.26 Å². The lowest BCUT2D eigenvalue weighted by atomic mass is 10.1. The number of rotatable bonds is 1. The van der Waals surface area contributed by atoms with Gasteiger partial charge in [0.05, 0.1) is 9.99 Å². The van der Waals surface area contributed by atoms with Crippen LogP contribution >= 0.6 is 15.9 Å². The molecule has 19 heavy (non-hydrogen) atoms. The number of aryl methyl sites for hydroxylation is 1. The number of hydrogen-bond donors (Lipinski definition) is 0. The summed E-state index contributed by atoms with van der Waals surface area (Å²) in [6.07, 6.45) is 1.86. The second kappa shape index (κ2) is 4.17. The number of fused-ring (bicyclic) bond motifs is 1. The van der Waals surface area contributed by atoms with E-state index in [0.29, 0.717) is 15.4 Å². The van der Waals surface area contributed by atoms with Crippen molar-refractivity contribution in [2.24, 2.45) is 0 Å². The normalized spacial score (nSPS) is 14.6. The van der Waals surface area contributed by atoms with Crippen LogP contribution in [0, 0.1) is 24.1 Å². The van der Waals surface area contributed by atoms with Crippen LogP contribution in [0.5, 0.6) is 0 Å². The predicted molar refractivity (Wildman–Crippen MR) is 73.6 cm³/mol. The molecule has 0 atom stereocenters. The minimum absolute atomic E-state index is 0.0699. The molecule has 0 aliphatic heterocycles. The second-order valence-corrected chi connectivity index (χ2v) is 5.60. The van der Waals surface area contributed by atoms with Crippen LogP contribution < -0.4 is 5.56 Å². The average molecular weight is 321 g/mol. The Hall–Kier alpha value is -1.67. The van der Waals surface area contributed by atoms with Gasteiger partial charge in [0, 0.05) is 11.4 Å². The van der Waals surface area contributed by atoms with Gasteiger partial charge in [0.15, 0.2) is 0 Å². The third-order valence-corrected chi connectivity index (χ3v) is 4.45. The van der Waals surface area contributed by atoms with E-state index < -0.39 is 0 Å². The molecule has 0 unspecified atom stereocenters. The molecule has 0 N–H and O–H groups in total. The van der Waals surface area contributed by atoms with Crippen LogP contribution in [0.4, 0.5) is 4.39 Å². The topological polar surface area (TPSA) is 45.8 Å². The Balaban J connectivity index is 2.54. The van der Waals surface area contributed by atoms with Crippen LogP contribution in [0.1, 0.15) is 30.0 Å². The van der Waals surface area contributed by atoms with E-state index >= 15 is 0 Å². The molecule has 0 saturated heterocycles. The van der Waals surface area contributed by atoms with Crippen molar-refractivity contribution in [2.45, 2.75) is 25.8 Å². The fourth-order valence-electron chi connectivity index (χ4n) is 2.41.